The summed E-state index contributed by atoms with van der Waals surface area (Å²) in [6.07, 6.45) is 2.17. The Morgan fingerprint density at radius 1 is 1.04 bits per heavy atom. The molecule has 0 radical (unpaired) electrons. The van der Waals surface area contributed by atoms with Gasteiger partial charge in [-0.15, -0.1) is 0 Å². The van der Waals surface area contributed by atoms with Gasteiger partial charge in [-0.1, -0.05) is 63.9 Å². The first-order valence-electron chi connectivity index (χ1n) is 9.84. The first-order chi connectivity index (χ1) is 13.4. The largest absolute Gasteiger partial charge is 0.444 e. The fourth-order valence-corrected chi connectivity index (χ4v) is 2.53. The van der Waals surface area contributed by atoms with Gasteiger partial charge in [0.2, 0.25) is 0 Å². The van der Waals surface area contributed by atoms with Crippen LogP contribution in [0.1, 0.15) is 52.0 Å². The number of hydrogen-bond acceptors (Lipinski definition) is 5. The third-order valence-electron chi connectivity index (χ3n) is 4.24. The highest BCUT2D eigenvalue weighted by Crippen LogP contribution is 2.11. The molecule has 0 saturated heterocycles. The lowest BCUT2D eigenvalue weighted by atomic mass is 10.1. The van der Waals surface area contributed by atoms with Crippen LogP contribution in [0.5, 0.6) is 0 Å². The first-order valence-corrected chi connectivity index (χ1v) is 9.84. The van der Waals surface area contributed by atoms with Crippen molar-refractivity contribution in [2.75, 3.05) is 19.7 Å². The van der Waals surface area contributed by atoms with E-state index in [1.807, 2.05) is 51.1 Å². The molecule has 0 heterocycles. The van der Waals surface area contributed by atoms with Crippen molar-refractivity contribution in [2.24, 2.45) is 5.92 Å². The molecule has 0 aliphatic heterocycles. The van der Waals surface area contributed by atoms with Crippen LogP contribution in [-0.4, -0.2) is 52.6 Å². The van der Waals surface area contributed by atoms with Crippen molar-refractivity contribution in [3.8, 4) is 0 Å². The van der Waals surface area contributed by atoms with E-state index in [0.29, 0.717) is 12.8 Å². The van der Waals surface area contributed by atoms with Gasteiger partial charge in [0.25, 0.3) is 5.91 Å². The van der Waals surface area contributed by atoms with Gasteiger partial charge >= 0.3 is 12.1 Å². The summed E-state index contributed by atoms with van der Waals surface area (Å²) in [6, 6.07) is 8.42. The molecule has 7 nitrogen and oxygen atoms in total. The first kappa shape index (κ1) is 23.6. The van der Waals surface area contributed by atoms with Crippen LogP contribution in [0.15, 0.2) is 30.3 Å². The highest BCUT2D eigenvalue weighted by atomic mass is 16.6. The summed E-state index contributed by atoms with van der Waals surface area (Å²) >= 11 is 0. The van der Waals surface area contributed by atoms with Gasteiger partial charge < -0.3 is 9.84 Å². The molecule has 0 aliphatic rings. The standard InChI is InChI=1S/C21H32N2O5/c1-4-5-9-13-22(19(25)15-24)20(26)23(14-12-17(2)3)21(27)28-16-18-10-7-6-8-11-18/h6-8,10-11,17,24H,4-5,9,12-16H2,1-3H3. The van der Waals surface area contributed by atoms with E-state index in [9.17, 15) is 19.5 Å². The molecule has 0 bridgehead atoms. The molecule has 1 N–H and O–H groups in total. The maximum Gasteiger partial charge on any atom is 0.418 e. The van der Waals surface area contributed by atoms with Gasteiger partial charge in [0.05, 0.1) is 0 Å². The van der Waals surface area contributed by atoms with E-state index < -0.39 is 24.6 Å². The summed E-state index contributed by atoms with van der Waals surface area (Å²) in [5, 5.41) is 9.22. The molecule has 0 saturated carbocycles. The number of rotatable bonds is 10. The molecular formula is C21H32N2O5. The van der Waals surface area contributed by atoms with Gasteiger partial charge in [0, 0.05) is 13.1 Å². The molecule has 1 aromatic carbocycles. The van der Waals surface area contributed by atoms with E-state index in [1.54, 1.807) is 0 Å². The second kappa shape index (κ2) is 12.9. The molecule has 0 fully saturated rings. The highest BCUT2D eigenvalue weighted by Gasteiger charge is 2.31. The Bertz CT molecular complexity index is 618. The van der Waals surface area contributed by atoms with Crippen LogP contribution in [0.4, 0.5) is 9.59 Å². The average Bonchev–Trinajstić information content (AvgIpc) is 2.69. The quantitative estimate of drug-likeness (QED) is 0.612. The zero-order valence-electron chi connectivity index (χ0n) is 17.1. The Kier molecular flexibility index (Phi) is 10.9. The minimum atomic E-state index is -0.791. The molecule has 1 aromatic rings. The smallest absolute Gasteiger partial charge is 0.418 e. The average molecular weight is 392 g/mol. The SMILES string of the molecule is CCCCCN(C(=O)CO)C(=O)N(CCC(C)C)C(=O)OCc1ccccc1. The summed E-state index contributed by atoms with van der Waals surface area (Å²) < 4.78 is 5.30. The third kappa shape index (κ3) is 8.08. The lowest BCUT2D eigenvalue weighted by Gasteiger charge is -2.28. The summed E-state index contributed by atoms with van der Waals surface area (Å²) in [4.78, 5) is 39.5. The molecular weight excluding hydrogens is 360 g/mol. The molecule has 1 rings (SSSR count). The van der Waals surface area contributed by atoms with Gasteiger partial charge in [0.1, 0.15) is 13.2 Å². The van der Waals surface area contributed by atoms with Crippen LogP contribution < -0.4 is 0 Å². The van der Waals surface area contributed by atoms with Crippen LogP contribution in [0, 0.1) is 5.92 Å². The molecule has 0 unspecified atom stereocenters. The monoisotopic (exact) mass is 392 g/mol. The van der Waals surface area contributed by atoms with Gasteiger partial charge in [0.15, 0.2) is 0 Å². The van der Waals surface area contributed by atoms with Crippen LogP contribution in [0.3, 0.4) is 0 Å². The minimum absolute atomic E-state index is 0.0366. The van der Waals surface area contributed by atoms with Crippen molar-refractivity contribution >= 4 is 18.0 Å². The lowest BCUT2D eigenvalue weighted by molar-refractivity contribution is -0.131. The molecule has 0 aromatic heterocycles. The zero-order chi connectivity index (χ0) is 20.9. The number of amides is 4. The van der Waals surface area contributed by atoms with Gasteiger partial charge in [-0.25, -0.2) is 14.5 Å². The summed E-state index contributed by atoms with van der Waals surface area (Å²) in [6.45, 7) is 5.54. The molecule has 4 amide bonds. The highest BCUT2D eigenvalue weighted by molar-refractivity contribution is 6.00. The van der Waals surface area contributed by atoms with Crippen LogP contribution in [-0.2, 0) is 16.1 Å². The number of aliphatic hydroxyl groups is 1. The lowest BCUT2D eigenvalue weighted by Crippen LogP contribution is -2.50. The number of ether oxygens (including phenoxy) is 1. The van der Waals surface area contributed by atoms with Crippen molar-refractivity contribution in [2.45, 2.75) is 53.1 Å². The topological polar surface area (TPSA) is 87.2 Å². The van der Waals surface area contributed by atoms with Gasteiger partial charge in [-0.05, 0) is 24.3 Å². The third-order valence-corrected chi connectivity index (χ3v) is 4.24. The Morgan fingerprint density at radius 3 is 2.29 bits per heavy atom. The van der Waals surface area contributed by atoms with Crippen molar-refractivity contribution in [3.05, 3.63) is 35.9 Å². The van der Waals surface area contributed by atoms with E-state index >= 15 is 0 Å². The summed E-state index contributed by atoms with van der Waals surface area (Å²) in [5.74, 6) is -0.453. The number of carbonyl (C=O) groups excluding carboxylic acids is 3. The Hall–Kier alpha value is -2.41. The molecule has 7 heteroatoms. The normalized spacial score (nSPS) is 10.6. The van der Waals surface area contributed by atoms with Crippen LogP contribution in [0.25, 0.3) is 0 Å². The number of carbonyl (C=O) groups is 3. The number of nitrogens with zero attached hydrogens (tertiary/aromatic N) is 2. The molecule has 28 heavy (non-hydrogen) atoms. The number of benzene rings is 1. The van der Waals surface area contributed by atoms with Crippen LogP contribution in [0.2, 0.25) is 0 Å². The maximum atomic E-state index is 12.9. The van der Waals surface area contributed by atoms with E-state index in [2.05, 4.69) is 0 Å². The predicted octanol–water partition coefficient (Wildman–Crippen LogP) is 3.80. The molecule has 0 spiro atoms. The maximum absolute atomic E-state index is 12.9. The van der Waals surface area contributed by atoms with E-state index in [0.717, 1.165) is 28.2 Å². The van der Waals surface area contributed by atoms with Gasteiger partial charge in [-0.2, -0.15) is 0 Å². The minimum Gasteiger partial charge on any atom is -0.444 e. The second-order valence-corrected chi connectivity index (χ2v) is 7.07. The number of hydrogen-bond donors (Lipinski definition) is 1. The van der Waals surface area contributed by atoms with E-state index in [1.165, 1.54) is 0 Å². The number of imide groups is 2. The fraction of sp³-hybridized carbons (Fsp3) is 0.571. The number of urea groups is 1. The predicted molar refractivity (Wildman–Crippen MR) is 107 cm³/mol. The molecule has 0 atom stereocenters. The Morgan fingerprint density at radius 2 is 1.71 bits per heavy atom. The molecule has 0 aliphatic carbocycles. The summed E-state index contributed by atoms with van der Waals surface area (Å²) in [7, 11) is 0. The van der Waals surface area contributed by atoms with E-state index in [4.69, 9.17) is 4.74 Å². The van der Waals surface area contributed by atoms with Crippen molar-refractivity contribution in [1.82, 2.24) is 9.80 Å². The number of unbranched alkanes of at least 4 members (excludes halogenated alkanes) is 2. The van der Waals surface area contributed by atoms with Crippen molar-refractivity contribution < 1.29 is 24.2 Å². The van der Waals surface area contributed by atoms with E-state index in [-0.39, 0.29) is 25.6 Å². The number of aliphatic hydroxyl groups excluding tert-OH is 1. The van der Waals surface area contributed by atoms with Gasteiger partial charge in [-0.3, -0.25) is 9.69 Å². The Labute approximate surface area is 167 Å². The Balaban J connectivity index is 2.89. The van der Waals surface area contributed by atoms with Crippen molar-refractivity contribution in [3.63, 3.8) is 0 Å². The van der Waals surface area contributed by atoms with Crippen LogP contribution >= 0.6 is 0 Å². The second-order valence-electron chi connectivity index (χ2n) is 7.07. The summed E-state index contributed by atoms with van der Waals surface area (Å²) in [5.41, 5.74) is 0.804. The fourth-order valence-electron chi connectivity index (χ4n) is 2.53. The zero-order valence-corrected chi connectivity index (χ0v) is 17.1. The van der Waals surface area contributed by atoms with Crippen molar-refractivity contribution in [1.29, 1.82) is 0 Å². The molecule has 156 valence electrons.